The molecule has 0 aliphatic carbocycles. The van der Waals surface area contributed by atoms with Crippen molar-refractivity contribution in [1.82, 2.24) is 9.97 Å². The normalized spacial score (nSPS) is 10.9. The molecule has 0 unspecified atom stereocenters. The smallest absolute Gasteiger partial charge is 0.338 e. The Labute approximate surface area is 173 Å². The Morgan fingerprint density at radius 1 is 1.32 bits per heavy atom. The van der Waals surface area contributed by atoms with E-state index in [1.807, 2.05) is 20.8 Å². The second-order valence-corrected chi connectivity index (χ2v) is 8.03. The van der Waals surface area contributed by atoms with E-state index in [1.165, 1.54) is 18.4 Å². The van der Waals surface area contributed by atoms with Gasteiger partial charge in [0.05, 0.1) is 29.1 Å². The number of carbonyl (C=O) groups is 1. The first-order chi connectivity index (χ1) is 13.3. The van der Waals surface area contributed by atoms with Gasteiger partial charge in [-0.3, -0.25) is 4.79 Å². The van der Waals surface area contributed by atoms with Crippen LogP contribution >= 0.6 is 27.3 Å². The average molecular weight is 467 g/mol. The highest BCUT2D eigenvalue weighted by Crippen LogP contribution is 2.36. The van der Waals surface area contributed by atoms with Crippen LogP contribution in [0.3, 0.4) is 0 Å². The number of hydrogen-bond acceptors (Lipinski definition) is 7. The number of nitrogens with zero attached hydrogens (tertiary/aromatic N) is 1. The molecule has 9 heteroatoms. The van der Waals surface area contributed by atoms with Crippen LogP contribution in [0.5, 0.6) is 11.5 Å². The first-order valence-electron chi connectivity index (χ1n) is 8.52. The number of H-pyrrole nitrogens is 1. The first-order valence-corrected chi connectivity index (χ1v) is 10.1. The van der Waals surface area contributed by atoms with Gasteiger partial charge in [0.1, 0.15) is 17.3 Å². The molecule has 3 rings (SSSR count). The number of halogens is 1. The SMILES string of the molecule is CCOc1cc(C(=O)OCc2nc3sc(C)c(C)c3c(=O)[nH]2)cc(Br)c1OC. The van der Waals surface area contributed by atoms with E-state index >= 15 is 0 Å². The molecule has 0 fully saturated rings. The van der Waals surface area contributed by atoms with Crippen LogP contribution in [-0.4, -0.2) is 29.7 Å². The number of nitrogens with one attached hydrogen (secondary N) is 1. The van der Waals surface area contributed by atoms with E-state index in [0.717, 1.165) is 10.4 Å². The fourth-order valence-corrected chi connectivity index (χ4v) is 4.38. The molecule has 0 saturated carbocycles. The third-order valence-corrected chi connectivity index (χ3v) is 5.87. The van der Waals surface area contributed by atoms with Crippen molar-refractivity contribution < 1.29 is 19.0 Å². The monoisotopic (exact) mass is 466 g/mol. The van der Waals surface area contributed by atoms with E-state index in [-0.39, 0.29) is 12.2 Å². The summed E-state index contributed by atoms with van der Waals surface area (Å²) in [5.41, 5.74) is 0.981. The predicted octanol–water partition coefficient (Wildman–Crippen LogP) is 4.13. The van der Waals surface area contributed by atoms with Crippen LogP contribution < -0.4 is 15.0 Å². The number of aromatic nitrogens is 2. The van der Waals surface area contributed by atoms with Gasteiger partial charge in [-0.1, -0.05) is 0 Å². The maximum Gasteiger partial charge on any atom is 0.338 e. The summed E-state index contributed by atoms with van der Waals surface area (Å²) in [6.07, 6.45) is 0. The van der Waals surface area contributed by atoms with Crippen LogP contribution in [0.15, 0.2) is 21.4 Å². The minimum Gasteiger partial charge on any atom is -0.492 e. The molecule has 0 radical (unpaired) electrons. The number of benzene rings is 1. The summed E-state index contributed by atoms with van der Waals surface area (Å²) in [6, 6.07) is 3.15. The van der Waals surface area contributed by atoms with Gasteiger partial charge in [-0.2, -0.15) is 0 Å². The predicted molar refractivity (Wildman–Crippen MR) is 111 cm³/mol. The molecule has 0 aliphatic heterocycles. The Morgan fingerprint density at radius 2 is 2.07 bits per heavy atom. The number of hydrogen-bond donors (Lipinski definition) is 1. The summed E-state index contributed by atoms with van der Waals surface area (Å²) in [5, 5.41) is 0.581. The first kappa shape index (κ1) is 20.3. The molecule has 3 aromatic rings. The lowest BCUT2D eigenvalue weighted by molar-refractivity contribution is 0.0461. The quantitative estimate of drug-likeness (QED) is 0.549. The van der Waals surface area contributed by atoms with E-state index in [9.17, 15) is 9.59 Å². The number of methoxy groups -OCH3 is 1. The minimum absolute atomic E-state index is 0.145. The van der Waals surface area contributed by atoms with E-state index in [2.05, 4.69) is 25.9 Å². The lowest BCUT2D eigenvalue weighted by atomic mass is 10.2. The van der Waals surface area contributed by atoms with Gasteiger partial charge in [0.15, 0.2) is 11.5 Å². The number of thiophene rings is 1. The zero-order valence-electron chi connectivity index (χ0n) is 15.8. The summed E-state index contributed by atoms with van der Waals surface area (Å²) >= 11 is 4.81. The molecule has 1 aromatic carbocycles. The average Bonchev–Trinajstić information content (AvgIpc) is 2.94. The molecule has 1 N–H and O–H groups in total. The summed E-state index contributed by atoms with van der Waals surface area (Å²) in [5.74, 6) is 0.664. The Bertz CT molecular complexity index is 1110. The molecule has 0 aliphatic rings. The minimum atomic E-state index is -0.564. The number of ether oxygens (including phenoxy) is 3. The van der Waals surface area contributed by atoms with Crippen molar-refractivity contribution in [3.8, 4) is 11.5 Å². The Hall–Kier alpha value is -2.39. The summed E-state index contributed by atoms with van der Waals surface area (Å²) in [7, 11) is 1.52. The van der Waals surface area contributed by atoms with Gasteiger partial charge in [0.25, 0.3) is 5.56 Å². The van der Waals surface area contributed by atoms with Gasteiger partial charge in [-0.25, -0.2) is 9.78 Å². The second kappa shape index (κ2) is 8.32. The second-order valence-electron chi connectivity index (χ2n) is 5.97. The highest BCUT2D eigenvalue weighted by Gasteiger charge is 2.17. The Morgan fingerprint density at radius 3 is 2.75 bits per heavy atom. The van der Waals surface area contributed by atoms with Crippen LogP contribution in [-0.2, 0) is 11.3 Å². The van der Waals surface area contributed by atoms with Gasteiger partial charge in [0.2, 0.25) is 0 Å². The number of aromatic amines is 1. The molecular formula is C19H19BrN2O5S. The van der Waals surface area contributed by atoms with Crippen molar-refractivity contribution >= 4 is 43.5 Å². The van der Waals surface area contributed by atoms with Crippen LogP contribution in [0.25, 0.3) is 10.2 Å². The highest BCUT2D eigenvalue weighted by molar-refractivity contribution is 9.10. The van der Waals surface area contributed by atoms with Crippen LogP contribution in [0.1, 0.15) is 33.5 Å². The van der Waals surface area contributed by atoms with Gasteiger partial charge in [0, 0.05) is 4.88 Å². The van der Waals surface area contributed by atoms with Crippen molar-refractivity contribution in [2.45, 2.75) is 27.4 Å². The number of rotatable bonds is 6. The van der Waals surface area contributed by atoms with E-state index in [4.69, 9.17) is 14.2 Å². The fourth-order valence-electron chi connectivity index (χ4n) is 2.73. The van der Waals surface area contributed by atoms with Crippen LogP contribution in [0.2, 0.25) is 0 Å². The fraction of sp³-hybridized carbons (Fsp3) is 0.316. The molecule has 0 saturated heterocycles. The largest absolute Gasteiger partial charge is 0.492 e. The Balaban J connectivity index is 1.82. The lowest BCUT2D eigenvalue weighted by Crippen LogP contribution is -2.14. The number of carbonyl (C=O) groups excluding carboxylic acids is 1. The maximum atomic E-state index is 12.5. The zero-order valence-corrected chi connectivity index (χ0v) is 18.2. The van der Waals surface area contributed by atoms with Crippen molar-refractivity contribution in [3.05, 3.63) is 48.8 Å². The highest BCUT2D eigenvalue weighted by atomic mass is 79.9. The number of esters is 1. The topological polar surface area (TPSA) is 90.5 Å². The van der Waals surface area contributed by atoms with Crippen molar-refractivity contribution in [2.24, 2.45) is 0 Å². The van der Waals surface area contributed by atoms with Crippen LogP contribution in [0.4, 0.5) is 0 Å². The van der Waals surface area contributed by atoms with Gasteiger partial charge in [-0.15, -0.1) is 11.3 Å². The maximum absolute atomic E-state index is 12.5. The van der Waals surface area contributed by atoms with Gasteiger partial charge >= 0.3 is 5.97 Å². The third kappa shape index (κ3) is 3.90. The number of fused-ring (bicyclic) bond motifs is 1. The molecule has 0 bridgehead atoms. The lowest BCUT2D eigenvalue weighted by Gasteiger charge is -2.13. The molecule has 7 nitrogen and oxygen atoms in total. The summed E-state index contributed by atoms with van der Waals surface area (Å²) in [4.78, 5) is 33.5. The summed E-state index contributed by atoms with van der Waals surface area (Å²) in [6.45, 7) is 5.95. The van der Waals surface area contributed by atoms with E-state index in [0.29, 0.717) is 44.2 Å². The van der Waals surface area contributed by atoms with Gasteiger partial charge in [-0.05, 0) is 54.4 Å². The molecular weight excluding hydrogens is 448 g/mol. The Kier molecular flexibility index (Phi) is 6.04. The molecule has 0 amide bonds. The third-order valence-electron chi connectivity index (χ3n) is 4.18. The van der Waals surface area contributed by atoms with Crippen molar-refractivity contribution in [1.29, 1.82) is 0 Å². The molecule has 2 aromatic heterocycles. The zero-order chi connectivity index (χ0) is 20.4. The van der Waals surface area contributed by atoms with Gasteiger partial charge < -0.3 is 19.2 Å². The molecule has 0 atom stereocenters. The summed E-state index contributed by atoms with van der Waals surface area (Å²) < 4.78 is 16.7. The molecule has 148 valence electrons. The van der Waals surface area contributed by atoms with E-state index < -0.39 is 5.97 Å². The molecule has 2 heterocycles. The molecule has 28 heavy (non-hydrogen) atoms. The van der Waals surface area contributed by atoms with Crippen molar-refractivity contribution in [3.63, 3.8) is 0 Å². The van der Waals surface area contributed by atoms with Crippen LogP contribution in [0, 0.1) is 13.8 Å². The number of aryl methyl sites for hydroxylation is 2. The van der Waals surface area contributed by atoms with Crippen molar-refractivity contribution in [2.75, 3.05) is 13.7 Å². The molecule has 0 spiro atoms. The standard InChI is InChI=1S/C19H19BrN2O5S/c1-5-26-13-7-11(6-12(20)16(13)25-4)19(24)27-8-14-21-17(23)15-9(2)10(3)28-18(15)22-14/h6-7H,5,8H2,1-4H3,(H,21,22,23). The van der Waals surface area contributed by atoms with E-state index in [1.54, 1.807) is 12.1 Å².